The molecule has 0 radical (unpaired) electrons. The van der Waals surface area contributed by atoms with Crippen LogP contribution in [0.3, 0.4) is 0 Å². The van der Waals surface area contributed by atoms with Crippen LogP contribution in [0, 0.1) is 0 Å². The largest absolute Gasteiger partial charge is 0.467 e. The van der Waals surface area contributed by atoms with E-state index in [-0.39, 0.29) is 18.5 Å². The van der Waals surface area contributed by atoms with Crippen LogP contribution in [0.25, 0.3) is 0 Å². The van der Waals surface area contributed by atoms with E-state index in [9.17, 15) is 9.59 Å². The van der Waals surface area contributed by atoms with E-state index in [1.807, 2.05) is 18.2 Å². The lowest BCUT2D eigenvalue weighted by molar-refractivity contribution is -0.120. The molecule has 7 heteroatoms. The van der Waals surface area contributed by atoms with E-state index in [0.29, 0.717) is 25.4 Å². The number of anilines is 1. The van der Waals surface area contributed by atoms with Gasteiger partial charge in [0.15, 0.2) is 0 Å². The predicted molar refractivity (Wildman–Crippen MR) is 94.2 cm³/mol. The Kier molecular flexibility index (Phi) is 5.56. The fourth-order valence-electron chi connectivity index (χ4n) is 2.74. The summed E-state index contributed by atoms with van der Waals surface area (Å²) in [7, 11) is 0. The molecule has 0 aliphatic carbocycles. The van der Waals surface area contributed by atoms with E-state index in [2.05, 4.69) is 27.7 Å². The van der Waals surface area contributed by atoms with E-state index in [4.69, 9.17) is 4.42 Å². The zero-order valence-electron chi connectivity index (χ0n) is 14.0. The van der Waals surface area contributed by atoms with Crippen molar-refractivity contribution in [3.8, 4) is 0 Å². The first-order valence-electron chi connectivity index (χ1n) is 8.34. The van der Waals surface area contributed by atoms with Crippen LogP contribution < -0.4 is 15.5 Å². The highest BCUT2D eigenvalue weighted by molar-refractivity contribution is 5.84. The molecule has 3 amide bonds. The van der Waals surface area contributed by atoms with Crippen LogP contribution in [-0.2, 0) is 11.3 Å². The summed E-state index contributed by atoms with van der Waals surface area (Å²) >= 11 is 0. The summed E-state index contributed by atoms with van der Waals surface area (Å²) in [4.78, 5) is 27.9. The SMILES string of the molecule is O=C(CNC(=O)N1CCN(c2ccccc2)CC1)NCc1ccco1. The van der Waals surface area contributed by atoms with Gasteiger partial charge in [-0.2, -0.15) is 0 Å². The van der Waals surface area contributed by atoms with Gasteiger partial charge >= 0.3 is 6.03 Å². The van der Waals surface area contributed by atoms with Gasteiger partial charge in [0.2, 0.25) is 5.91 Å². The molecule has 0 bridgehead atoms. The summed E-state index contributed by atoms with van der Waals surface area (Å²) in [6, 6.07) is 13.5. The number of nitrogens with one attached hydrogen (secondary N) is 2. The Bertz CT molecular complexity index is 680. The molecule has 1 aromatic heterocycles. The number of urea groups is 1. The summed E-state index contributed by atoms with van der Waals surface area (Å²) in [6.07, 6.45) is 1.55. The van der Waals surface area contributed by atoms with Crippen molar-refractivity contribution in [1.82, 2.24) is 15.5 Å². The lowest BCUT2D eigenvalue weighted by Gasteiger charge is -2.36. The average Bonchev–Trinajstić information content (AvgIpc) is 3.19. The minimum atomic E-state index is -0.243. The van der Waals surface area contributed by atoms with Gasteiger partial charge in [-0.1, -0.05) is 18.2 Å². The van der Waals surface area contributed by atoms with Crippen molar-refractivity contribution in [3.05, 3.63) is 54.5 Å². The lowest BCUT2D eigenvalue weighted by atomic mass is 10.2. The maximum Gasteiger partial charge on any atom is 0.317 e. The first-order chi connectivity index (χ1) is 12.2. The molecular weight excluding hydrogens is 320 g/mol. The van der Waals surface area contributed by atoms with Gasteiger partial charge in [-0.3, -0.25) is 4.79 Å². The first-order valence-corrected chi connectivity index (χ1v) is 8.34. The Labute approximate surface area is 146 Å². The Morgan fingerprint density at radius 3 is 2.40 bits per heavy atom. The van der Waals surface area contributed by atoms with E-state index in [1.165, 1.54) is 5.69 Å². The Morgan fingerprint density at radius 2 is 1.72 bits per heavy atom. The number of amides is 3. The molecule has 1 fully saturated rings. The number of piperazine rings is 1. The summed E-state index contributed by atoms with van der Waals surface area (Å²) in [6.45, 7) is 3.10. The predicted octanol–water partition coefficient (Wildman–Crippen LogP) is 1.43. The topological polar surface area (TPSA) is 77.8 Å². The van der Waals surface area contributed by atoms with Crippen LogP contribution >= 0.6 is 0 Å². The van der Waals surface area contributed by atoms with E-state index in [0.717, 1.165) is 13.1 Å². The van der Waals surface area contributed by atoms with Crippen LogP contribution in [0.1, 0.15) is 5.76 Å². The summed E-state index contributed by atoms with van der Waals surface area (Å²) in [5, 5.41) is 5.36. The molecule has 7 nitrogen and oxygen atoms in total. The number of hydrogen-bond acceptors (Lipinski definition) is 4. The van der Waals surface area contributed by atoms with Crippen LogP contribution in [-0.4, -0.2) is 49.6 Å². The zero-order chi connectivity index (χ0) is 17.5. The minimum Gasteiger partial charge on any atom is -0.467 e. The molecule has 2 heterocycles. The van der Waals surface area contributed by atoms with Gasteiger partial charge in [0.05, 0.1) is 19.4 Å². The Morgan fingerprint density at radius 1 is 0.960 bits per heavy atom. The number of carbonyl (C=O) groups is 2. The maximum atomic E-state index is 12.2. The highest BCUT2D eigenvalue weighted by Gasteiger charge is 2.21. The molecule has 1 saturated heterocycles. The average molecular weight is 342 g/mol. The fourth-order valence-corrected chi connectivity index (χ4v) is 2.74. The molecule has 0 atom stereocenters. The molecule has 132 valence electrons. The van der Waals surface area contributed by atoms with Gasteiger partial charge < -0.3 is 24.9 Å². The molecule has 1 aliphatic rings. The van der Waals surface area contributed by atoms with Crippen LogP contribution in [0.4, 0.5) is 10.5 Å². The molecule has 25 heavy (non-hydrogen) atoms. The number of nitrogens with zero attached hydrogens (tertiary/aromatic N) is 2. The molecule has 2 aromatic rings. The third-order valence-electron chi connectivity index (χ3n) is 4.13. The van der Waals surface area contributed by atoms with Crippen molar-refractivity contribution in [1.29, 1.82) is 0 Å². The van der Waals surface area contributed by atoms with E-state index < -0.39 is 0 Å². The highest BCUT2D eigenvalue weighted by atomic mass is 16.3. The standard InChI is InChI=1S/C18H22N4O3/c23-17(19-13-16-7-4-12-25-16)14-20-18(24)22-10-8-21(9-11-22)15-5-2-1-3-6-15/h1-7,12H,8-11,13-14H2,(H,19,23)(H,20,24). The molecule has 1 aliphatic heterocycles. The molecule has 0 spiro atoms. The van der Waals surface area contributed by atoms with Crippen molar-refractivity contribution in [3.63, 3.8) is 0 Å². The third-order valence-corrected chi connectivity index (χ3v) is 4.13. The number of hydrogen-bond donors (Lipinski definition) is 2. The number of furan rings is 1. The monoisotopic (exact) mass is 342 g/mol. The van der Waals surface area contributed by atoms with E-state index >= 15 is 0 Å². The Hall–Kier alpha value is -2.96. The molecule has 3 rings (SSSR count). The van der Waals surface area contributed by atoms with Gasteiger partial charge in [-0.15, -0.1) is 0 Å². The summed E-state index contributed by atoms with van der Waals surface area (Å²) in [5.74, 6) is 0.435. The van der Waals surface area contributed by atoms with Crippen molar-refractivity contribution in [2.45, 2.75) is 6.54 Å². The fraction of sp³-hybridized carbons (Fsp3) is 0.333. The number of rotatable bonds is 5. The molecule has 0 unspecified atom stereocenters. The third kappa shape index (κ3) is 4.76. The van der Waals surface area contributed by atoms with Crippen molar-refractivity contribution >= 4 is 17.6 Å². The quantitative estimate of drug-likeness (QED) is 0.862. The molecular formula is C18H22N4O3. The van der Waals surface area contributed by atoms with Gasteiger partial charge in [-0.05, 0) is 24.3 Å². The first kappa shape index (κ1) is 16.9. The smallest absolute Gasteiger partial charge is 0.317 e. The van der Waals surface area contributed by atoms with Gasteiger partial charge in [0.1, 0.15) is 5.76 Å². The second-order valence-electron chi connectivity index (χ2n) is 5.82. The number of para-hydroxylation sites is 1. The van der Waals surface area contributed by atoms with Gasteiger partial charge in [0, 0.05) is 31.9 Å². The Balaban J connectivity index is 1.37. The number of carbonyl (C=O) groups excluding carboxylic acids is 2. The van der Waals surface area contributed by atoms with Crippen molar-refractivity contribution in [2.24, 2.45) is 0 Å². The second kappa shape index (κ2) is 8.23. The van der Waals surface area contributed by atoms with Crippen LogP contribution in [0.15, 0.2) is 53.1 Å². The lowest BCUT2D eigenvalue weighted by Crippen LogP contribution is -2.53. The maximum absolute atomic E-state index is 12.2. The van der Waals surface area contributed by atoms with E-state index in [1.54, 1.807) is 23.3 Å². The minimum absolute atomic E-state index is 0.0432. The summed E-state index contributed by atoms with van der Waals surface area (Å²) < 4.78 is 5.14. The van der Waals surface area contributed by atoms with Gasteiger partial charge in [0.25, 0.3) is 0 Å². The van der Waals surface area contributed by atoms with Gasteiger partial charge in [-0.25, -0.2) is 4.79 Å². The summed E-state index contributed by atoms with van der Waals surface area (Å²) in [5.41, 5.74) is 1.17. The normalized spacial score (nSPS) is 14.2. The van der Waals surface area contributed by atoms with Crippen LogP contribution in [0.2, 0.25) is 0 Å². The zero-order valence-corrected chi connectivity index (χ0v) is 14.0. The molecule has 1 aromatic carbocycles. The van der Waals surface area contributed by atoms with Crippen molar-refractivity contribution < 1.29 is 14.0 Å². The van der Waals surface area contributed by atoms with Crippen LogP contribution in [0.5, 0.6) is 0 Å². The number of benzene rings is 1. The molecule has 0 saturated carbocycles. The van der Waals surface area contributed by atoms with Crippen molar-refractivity contribution in [2.75, 3.05) is 37.6 Å². The second-order valence-corrected chi connectivity index (χ2v) is 5.82. The molecule has 2 N–H and O–H groups in total. The highest BCUT2D eigenvalue weighted by Crippen LogP contribution is 2.15.